The molecule has 1 aliphatic heterocycles. The number of sulfonamides is 1. The normalized spacial score (nSPS) is 13.0. The number of amides is 1. The summed E-state index contributed by atoms with van der Waals surface area (Å²) in [6.07, 6.45) is 0.207. The van der Waals surface area contributed by atoms with Crippen molar-refractivity contribution in [2.24, 2.45) is 0 Å². The number of rotatable bonds is 8. The minimum Gasteiger partial charge on any atom is -0.486 e. The first-order chi connectivity index (χ1) is 13.5. The lowest BCUT2D eigenvalue weighted by Crippen LogP contribution is -2.28. The number of methoxy groups -OCH3 is 1. The minimum absolute atomic E-state index is 0.0818. The Morgan fingerprint density at radius 2 is 1.79 bits per heavy atom. The van der Waals surface area contributed by atoms with Gasteiger partial charge in [-0.1, -0.05) is 12.1 Å². The molecule has 1 heterocycles. The molecule has 0 aromatic heterocycles. The van der Waals surface area contributed by atoms with E-state index in [2.05, 4.69) is 10.0 Å². The summed E-state index contributed by atoms with van der Waals surface area (Å²) in [5.41, 5.74) is 1.18. The van der Waals surface area contributed by atoms with Gasteiger partial charge in [-0.25, -0.2) is 8.42 Å². The topological polar surface area (TPSA) is 103 Å². The van der Waals surface area contributed by atoms with E-state index in [9.17, 15) is 13.2 Å². The van der Waals surface area contributed by atoms with Gasteiger partial charge < -0.3 is 19.5 Å². The first kappa shape index (κ1) is 20.0. The second kappa shape index (κ2) is 8.94. The quantitative estimate of drug-likeness (QED) is 0.645. The highest BCUT2D eigenvalue weighted by molar-refractivity contribution is 7.92. The fraction of sp³-hybridized carbons (Fsp3) is 0.316. The summed E-state index contributed by atoms with van der Waals surface area (Å²) < 4.78 is 43.5. The van der Waals surface area contributed by atoms with Crippen LogP contribution in [0.4, 0.5) is 5.69 Å². The lowest BCUT2D eigenvalue weighted by atomic mass is 10.1. The summed E-state index contributed by atoms with van der Waals surface area (Å²) in [6.45, 7) is 1.72. The van der Waals surface area contributed by atoms with Crippen LogP contribution in [0.1, 0.15) is 5.56 Å². The van der Waals surface area contributed by atoms with E-state index in [0.29, 0.717) is 43.6 Å². The van der Waals surface area contributed by atoms with Gasteiger partial charge in [-0.05, 0) is 29.8 Å². The lowest BCUT2D eigenvalue weighted by Gasteiger charge is -2.19. The molecule has 1 aliphatic rings. The van der Waals surface area contributed by atoms with Crippen molar-refractivity contribution in [1.29, 1.82) is 0 Å². The molecule has 1 amide bonds. The number of ether oxygens (including phenoxy) is 3. The van der Waals surface area contributed by atoms with Crippen molar-refractivity contribution < 1.29 is 27.4 Å². The Bertz CT molecular complexity index is 928. The van der Waals surface area contributed by atoms with Crippen molar-refractivity contribution in [3.63, 3.8) is 0 Å². The molecule has 2 N–H and O–H groups in total. The highest BCUT2D eigenvalue weighted by atomic mass is 32.2. The number of benzene rings is 2. The monoisotopic (exact) mass is 406 g/mol. The molecule has 0 atom stereocenters. The Kier molecular flexibility index (Phi) is 6.37. The highest BCUT2D eigenvalue weighted by Crippen LogP contribution is 2.32. The van der Waals surface area contributed by atoms with E-state index in [1.807, 2.05) is 0 Å². The maximum absolute atomic E-state index is 12.6. The third-order valence-electron chi connectivity index (χ3n) is 4.02. The first-order valence-corrected chi connectivity index (χ1v) is 10.2. The van der Waals surface area contributed by atoms with Crippen LogP contribution in [0, 0.1) is 0 Å². The van der Waals surface area contributed by atoms with E-state index in [-0.39, 0.29) is 17.2 Å². The van der Waals surface area contributed by atoms with E-state index < -0.39 is 10.0 Å². The molecule has 3 rings (SSSR count). The Morgan fingerprint density at radius 3 is 2.50 bits per heavy atom. The third-order valence-corrected chi connectivity index (χ3v) is 5.40. The Hall–Kier alpha value is -2.78. The van der Waals surface area contributed by atoms with Crippen molar-refractivity contribution in [2.75, 3.05) is 38.2 Å². The Morgan fingerprint density at radius 1 is 1.07 bits per heavy atom. The maximum atomic E-state index is 12.6. The second-order valence-electron chi connectivity index (χ2n) is 6.13. The SMILES string of the molecule is COCCNC(=O)Cc1ccc(NS(=O)(=O)c2ccc3c(c2)OCCO3)cc1. The summed E-state index contributed by atoms with van der Waals surface area (Å²) in [5, 5.41) is 2.73. The molecular formula is C19H22N2O6S. The number of nitrogens with one attached hydrogen (secondary N) is 2. The van der Waals surface area contributed by atoms with Crippen LogP contribution in [0.3, 0.4) is 0 Å². The largest absolute Gasteiger partial charge is 0.486 e. The molecule has 2 aromatic carbocycles. The number of carbonyl (C=O) groups is 1. The van der Waals surface area contributed by atoms with Crippen LogP contribution in [0.2, 0.25) is 0 Å². The van der Waals surface area contributed by atoms with Crippen molar-refractivity contribution in [2.45, 2.75) is 11.3 Å². The van der Waals surface area contributed by atoms with Crippen molar-refractivity contribution >= 4 is 21.6 Å². The van der Waals surface area contributed by atoms with Crippen LogP contribution >= 0.6 is 0 Å². The van der Waals surface area contributed by atoms with Gasteiger partial charge in [0.15, 0.2) is 11.5 Å². The predicted octanol–water partition coefficient (Wildman–Crippen LogP) is 1.56. The van der Waals surface area contributed by atoms with Crippen molar-refractivity contribution in [1.82, 2.24) is 5.32 Å². The molecular weight excluding hydrogens is 384 g/mol. The van der Waals surface area contributed by atoms with E-state index in [1.165, 1.54) is 12.1 Å². The highest BCUT2D eigenvalue weighted by Gasteiger charge is 2.19. The fourth-order valence-corrected chi connectivity index (χ4v) is 3.71. The molecule has 28 heavy (non-hydrogen) atoms. The smallest absolute Gasteiger partial charge is 0.262 e. The molecule has 150 valence electrons. The molecule has 0 saturated heterocycles. The molecule has 0 radical (unpaired) electrons. The molecule has 9 heteroatoms. The van der Waals surface area contributed by atoms with Gasteiger partial charge in [-0.15, -0.1) is 0 Å². The van der Waals surface area contributed by atoms with Crippen LogP contribution in [-0.2, 0) is 26.0 Å². The molecule has 0 saturated carbocycles. The third kappa shape index (κ3) is 5.14. The zero-order chi connectivity index (χ0) is 20.0. The lowest BCUT2D eigenvalue weighted by molar-refractivity contribution is -0.120. The van der Waals surface area contributed by atoms with Gasteiger partial charge in [0.2, 0.25) is 5.91 Å². The average Bonchev–Trinajstić information content (AvgIpc) is 2.69. The zero-order valence-corrected chi connectivity index (χ0v) is 16.3. The molecule has 0 unspecified atom stereocenters. The molecule has 0 bridgehead atoms. The number of hydrogen-bond acceptors (Lipinski definition) is 6. The van der Waals surface area contributed by atoms with Gasteiger partial charge in [-0.2, -0.15) is 0 Å². The fourth-order valence-electron chi connectivity index (χ4n) is 2.64. The maximum Gasteiger partial charge on any atom is 0.262 e. The summed E-state index contributed by atoms with van der Waals surface area (Å²) in [7, 11) is -2.21. The molecule has 0 aliphatic carbocycles. The van der Waals surface area contributed by atoms with Crippen molar-refractivity contribution in [3.05, 3.63) is 48.0 Å². The van der Waals surface area contributed by atoms with E-state index in [1.54, 1.807) is 37.4 Å². The van der Waals surface area contributed by atoms with Gasteiger partial charge in [0.1, 0.15) is 13.2 Å². The Balaban J connectivity index is 1.63. The minimum atomic E-state index is -3.78. The first-order valence-electron chi connectivity index (χ1n) is 8.75. The number of fused-ring (bicyclic) bond motifs is 1. The van der Waals surface area contributed by atoms with Crippen LogP contribution in [0.15, 0.2) is 47.4 Å². The van der Waals surface area contributed by atoms with Crippen LogP contribution in [0.25, 0.3) is 0 Å². The summed E-state index contributed by atoms with van der Waals surface area (Å²) in [4.78, 5) is 11.9. The molecule has 0 fully saturated rings. The number of carbonyl (C=O) groups excluding carboxylic acids is 1. The number of anilines is 1. The van der Waals surface area contributed by atoms with E-state index in [4.69, 9.17) is 14.2 Å². The molecule has 2 aromatic rings. The van der Waals surface area contributed by atoms with Crippen LogP contribution in [0.5, 0.6) is 11.5 Å². The zero-order valence-electron chi connectivity index (χ0n) is 15.4. The summed E-state index contributed by atoms with van der Waals surface area (Å²) in [6, 6.07) is 11.1. The van der Waals surface area contributed by atoms with E-state index in [0.717, 1.165) is 5.56 Å². The standard InChI is InChI=1S/C19H22N2O6S/c1-25-9-8-20-19(22)12-14-2-4-15(5-3-14)21-28(23,24)16-6-7-17-18(13-16)27-11-10-26-17/h2-7,13,21H,8-12H2,1H3,(H,20,22). The second-order valence-corrected chi connectivity index (χ2v) is 7.81. The van der Waals surface area contributed by atoms with Crippen LogP contribution in [-0.4, -0.2) is 47.8 Å². The predicted molar refractivity (Wildman–Crippen MR) is 103 cm³/mol. The Labute approximate surface area is 163 Å². The summed E-state index contributed by atoms with van der Waals surface area (Å²) in [5.74, 6) is 0.809. The van der Waals surface area contributed by atoms with Gasteiger partial charge in [-0.3, -0.25) is 9.52 Å². The van der Waals surface area contributed by atoms with E-state index >= 15 is 0 Å². The summed E-state index contributed by atoms with van der Waals surface area (Å²) >= 11 is 0. The van der Waals surface area contributed by atoms with Gasteiger partial charge in [0.05, 0.1) is 17.9 Å². The molecule has 0 spiro atoms. The van der Waals surface area contributed by atoms with Crippen molar-refractivity contribution in [3.8, 4) is 11.5 Å². The number of hydrogen-bond donors (Lipinski definition) is 2. The van der Waals surface area contributed by atoms with Crippen LogP contribution < -0.4 is 19.5 Å². The van der Waals surface area contributed by atoms with Gasteiger partial charge in [0.25, 0.3) is 10.0 Å². The average molecular weight is 406 g/mol. The van der Waals surface area contributed by atoms with Gasteiger partial charge in [0, 0.05) is 25.4 Å². The van der Waals surface area contributed by atoms with Gasteiger partial charge >= 0.3 is 0 Å². The molecule has 8 nitrogen and oxygen atoms in total.